The minimum absolute atomic E-state index is 0.119. The minimum atomic E-state index is -0.303. The molecule has 1 aliphatic carbocycles. The summed E-state index contributed by atoms with van der Waals surface area (Å²) in [5.74, 6) is -0.422. The zero-order valence-electron chi connectivity index (χ0n) is 18.9. The van der Waals surface area contributed by atoms with E-state index in [9.17, 15) is 14.4 Å². The number of nitrogens with zero attached hydrogens (tertiary/aromatic N) is 2. The molecule has 1 atom stereocenters. The van der Waals surface area contributed by atoms with E-state index in [2.05, 4.69) is 4.99 Å². The zero-order valence-corrected chi connectivity index (χ0v) is 19.6. The molecule has 0 bridgehead atoms. The summed E-state index contributed by atoms with van der Waals surface area (Å²) in [6, 6.07) is 22.7. The van der Waals surface area contributed by atoms with E-state index >= 15 is 0 Å². The van der Waals surface area contributed by atoms with Crippen molar-refractivity contribution in [3.63, 3.8) is 0 Å². The van der Waals surface area contributed by atoms with Gasteiger partial charge in [-0.1, -0.05) is 29.8 Å². The molecule has 1 aliphatic rings. The number of aromatic nitrogens is 1. The number of nitrogens with two attached hydrogens (primary N) is 1. The topological polar surface area (TPSA) is 85.1 Å². The van der Waals surface area contributed by atoms with Crippen LogP contribution in [0, 0.1) is 0 Å². The summed E-state index contributed by atoms with van der Waals surface area (Å²) in [5.41, 5.74) is 2.34. The van der Waals surface area contributed by atoms with E-state index in [0.29, 0.717) is 28.3 Å². The minimum Gasteiger partial charge on any atom is -0.284 e. The van der Waals surface area contributed by atoms with Crippen molar-refractivity contribution in [2.45, 2.75) is 25.3 Å². The molecular weight excluding hydrogens is 462 g/mol. The summed E-state index contributed by atoms with van der Waals surface area (Å²) in [7, 11) is 0. The fourth-order valence-electron chi connectivity index (χ4n) is 4.42. The molecule has 4 aromatic rings. The standard InChI is InChI=1S/C28H22ClN3O3/c29-22-12-9-19-16-21(8-7-20(19)17-22)28(35)31-25-5-3-4-24(25)30-27(34)18-10-13-23(14-11-18)32-15-2-1-6-26(32)33/h1-2,6-17,24H,3-5H2,(H,30,34)/p+1. The van der Waals surface area contributed by atoms with E-state index < -0.39 is 0 Å². The Labute approximate surface area is 206 Å². The first-order valence-corrected chi connectivity index (χ1v) is 11.8. The molecule has 1 heterocycles. The molecule has 7 heteroatoms. The number of halogens is 1. The van der Waals surface area contributed by atoms with Crippen molar-refractivity contribution in [2.75, 3.05) is 0 Å². The second-order valence-electron chi connectivity index (χ2n) is 8.60. The van der Waals surface area contributed by atoms with Gasteiger partial charge in [0, 0.05) is 35.0 Å². The van der Waals surface area contributed by atoms with Gasteiger partial charge in [-0.05, 0) is 78.2 Å². The van der Waals surface area contributed by atoms with Crippen LogP contribution in [0.1, 0.15) is 40.0 Å². The number of carbonyl (C=O) groups is 2. The molecule has 1 fully saturated rings. The number of hydrogen-bond donors (Lipinski definition) is 1. The fourth-order valence-corrected chi connectivity index (χ4v) is 4.60. The van der Waals surface area contributed by atoms with E-state index in [1.165, 1.54) is 10.6 Å². The lowest BCUT2D eigenvalue weighted by Gasteiger charge is -2.10. The van der Waals surface area contributed by atoms with Crippen LogP contribution in [0.15, 0.2) is 94.8 Å². The van der Waals surface area contributed by atoms with Crippen LogP contribution in [0.25, 0.3) is 16.5 Å². The Balaban J connectivity index is 1.30. The Morgan fingerprint density at radius 3 is 2.46 bits per heavy atom. The number of pyridine rings is 1. The average Bonchev–Trinajstić information content (AvgIpc) is 3.30. The molecular formula is C28H23ClN3O3+. The summed E-state index contributed by atoms with van der Waals surface area (Å²) in [5, 5.41) is 4.19. The first kappa shape index (κ1) is 22.9. The van der Waals surface area contributed by atoms with E-state index in [0.717, 1.165) is 29.3 Å². The highest BCUT2D eigenvalue weighted by Gasteiger charge is 2.29. The van der Waals surface area contributed by atoms with Crippen LogP contribution in [0.2, 0.25) is 5.02 Å². The van der Waals surface area contributed by atoms with Crippen molar-refractivity contribution >= 4 is 39.9 Å². The smallest absolute Gasteiger partial charge is 0.284 e. The number of carbonyl (C=O) groups excluding carboxylic acids is 2. The molecule has 3 aromatic carbocycles. The number of rotatable bonds is 4. The van der Waals surface area contributed by atoms with Crippen molar-refractivity contribution in [3.8, 4) is 5.69 Å². The molecule has 0 spiro atoms. The highest BCUT2D eigenvalue weighted by atomic mass is 35.5. The number of fused-ring (bicyclic) bond motifs is 1. The number of aliphatic imine (C=N–C) groups is 1. The highest BCUT2D eigenvalue weighted by molar-refractivity contribution is 6.31. The van der Waals surface area contributed by atoms with Crippen molar-refractivity contribution < 1.29 is 14.9 Å². The molecule has 1 aromatic heterocycles. The Bertz CT molecular complexity index is 1520. The quantitative estimate of drug-likeness (QED) is 0.471. The normalized spacial score (nSPS) is 16.6. The van der Waals surface area contributed by atoms with Crippen molar-refractivity contribution in [1.82, 2.24) is 4.57 Å². The van der Waals surface area contributed by atoms with Gasteiger partial charge in [0.25, 0.3) is 11.5 Å². The van der Waals surface area contributed by atoms with Gasteiger partial charge in [-0.3, -0.25) is 19.5 Å². The zero-order chi connectivity index (χ0) is 24.4. The maximum atomic E-state index is 12.9. The van der Waals surface area contributed by atoms with E-state index in [4.69, 9.17) is 11.6 Å². The second-order valence-corrected chi connectivity index (χ2v) is 9.04. The first-order valence-electron chi connectivity index (χ1n) is 11.5. The van der Waals surface area contributed by atoms with Crippen molar-refractivity contribution in [3.05, 3.63) is 112 Å². The van der Waals surface area contributed by atoms with Crippen LogP contribution in [0.5, 0.6) is 0 Å². The number of primary amides is 1. The molecule has 2 amide bonds. The van der Waals surface area contributed by atoms with Gasteiger partial charge in [0.2, 0.25) is 0 Å². The summed E-state index contributed by atoms with van der Waals surface area (Å²) < 4.78 is 1.52. The molecule has 174 valence electrons. The second kappa shape index (κ2) is 9.78. The first-order chi connectivity index (χ1) is 17.0. The van der Waals surface area contributed by atoms with Gasteiger partial charge in [0.15, 0.2) is 0 Å². The third-order valence-electron chi connectivity index (χ3n) is 6.28. The Morgan fingerprint density at radius 2 is 1.66 bits per heavy atom. The number of amides is 2. The lowest BCUT2D eigenvalue weighted by atomic mass is 10.1. The molecule has 1 unspecified atom stereocenters. The molecule has 0 aliphatic heterocycles. The van der Waals surface area contributed by atoms with Gasteiger partial charge >= 0.3 is 5.91 Å². The molecule has 6 nitrogen and oxygen atoms in total. The maximum Gasteiger partial charge on any atom is 0.343 e. The number of benzene rings is 3. The monoisotopic (exact) mass is 484 g/mol. The number of quaternary nitrogens is 1. The summed E-state index contributed by atoms with van der Waals surface area (Å²) in [4.78, 5) is 42.2. The van der Waals surface area contributed by atoms with Gasteiger partial charge in [-0.25, -0.2) is 9.79 Å². The Hall–Kier alpha value is -3.87. The largest absolute Gasteiger partial charge is 0.343 e. The van der Waals surface area contributed by atoms with Crippen molar-refractivity contribution in [2.24, 2.45) is 4.99 Å². The third kappa shape index (κ3) is 4.99. The third-order valence-corrected chi connectivity index (χ3v) is 6.51. The summed E-state index contributed by atoms with van der Waals surface area (Å²) in [6.07, 6.45) is 4.05. The van der Waals surface area contributed by atoms with E-state index in [1.807, 2.05) is 24.3 Å². The van der Waals surface area contributed by atoms with Crippen LogP contribution in [0.4, 0.5) is 0 Å². The van der Waals surface area contributed by atoms with Gasteiger partial charge < -0.3 is 0 Å². The molecule has 2 N–H and O–H groups in total. The van der Waals surface area contributed by atoms with Crippen LogP contribution in [-0.2, 0) is 0 Å². The van der Waals surface area contributed by atoms with Crippen LogP contribution in [0.3, 0.4) is 0 Å². The van der Waals surface area contributed by atoms with Crippen LogP contribution >= 0.6 is 11.6 Å². The predicted molar refractivity (Wildman–Crippen MR) is 137 cm³/mol. The Kier molecular flexibility index (Phi) is 6.40. The van der Waals surface area contributed by atoms with Gasteiger partial charge in [-0.15, -0.1) is 0 Å². The van der Waals surface area contributed by atoms with E-state index in [-0.39, 0.29) is 23.4 Å². The van der Waals surface area contributed by atoms with Crippen molar-refractivity contribution in [1.29, 1.82) is 0 Å². The predicted octanol–water partition coefficient (Wildman–Crippen LogP) is 4.18. The highest BCUT2D eigenvalue weighted by Crippen LogP contribution is 2.22. The average molecular weight is 485 g/mol. The van der Waals surface area contributed by atoms with Gasteiger partial charge in [0.05, 0.1) is 11.3 Å². The Morgan fingerprint density at radius 1 is 0.914 bits per heavy atom. The number of hydrogen-bond acceptors (Lipinski definition) is 3. The summed E-state index contributed by atoms with van der Waals surface area (Å²) in [6.45, 7) is 0. The molecule has 5 rings (SSSR count). The van der Waals surface area contributed by atoms with Crippen LogP contribution < -0.4 is 10.9 Å². The lowest BCUT2D eigenvalue weighted by Crippen LogP contribution is -2.94. The lowest BCUT2D eigenvalue weighted by molar-refractivity contribution is -0.575. The molecule has 0 radical (unpaired) electrons. The van der Waals surface area contributed by atoms with Gasteiger partial charge in [0.1, 0.15) is 6.04 Å². The van der Waals surface area contributed by atoms with Gasteiger partial charge in [-0.2, -0.15) is 0 Å². The fraction of sp³-hybridized carbons (Fsp3) is 0.143. The van der Waals surface area contributed by atoms with Crippen LogP contribution in [-0.4, -0.2) is 28.1 Å². The summed E-state index contributed by atoms with van der Waals surface area (Å²) >= 11 is 6.04. The SMILES string of the molecule is O=C(N=C1CCCC1[NH2+]C(=O)c1ccc(-n2ccccc2=O)cc1)c1ccc2cc(Cl)ccc2c1. The molecule has 35 heavy (non-hydrogen) atoms. The van der Waals surface area contributed by atoms with E-state index in [1.54, 1.807) is 60.0 Å². The molecule has 1 saturated carbocycles. The maximum absolute atomic E-state index is 12.9. The molecule has 0 saturated heterocycles.